The van der Waals surface area contributed by atoms with E-state index in [0.717, 1.165) is 32.4 Å². The lowest BCUT2D eigenvalue weighted by atomic mass is 9.94. The smallest absolute Gasteiger partial charge is 0.323 e. The molecule has 16 heavy (non-hydrogen) atoms. The van der Waals surface area contributed by atoms with E-state index in [0.29, 0.717) is 18.9 Å². The van der Waals surface area contributed by atoms with Gasteiger partial charge in [-0.2, -0.15) is 0 Å². The first-order valence-electron chi connectivity index (χ1n) is 6.13. The van der Waals surface area contributed by atoms with Crippen LogP contribution in [0.15, 0.2) is 0 Å². The molecular weight excluding hydrogens is 206 g/mol. The zero-order chi connectivity index (χ0) is 12.0. The van der Waals surface area contributed by atoms with E-state index >= 15 is 0 Å². The summed E-state index contributed by atoms with van der Waals surface area (Å²) >= 11 is 0. The molecule has 1 atom stereocenters. The van der Waals surface area contributed by atoms with Gasteiger partial charge in [-0.15, -0.1) is 0 Å². The van der Waals surface area contributed by atoms with E-state index in [1.807, 2.05) is 0 Å². The third-order valence-corrected chi connectivity index (χ3v) is 3.17. The zero-order valence-electron chi connectivity index (χ0n) is 10.3. The van der Waals surface area contributed by atoms with Crippen molar-refractivity contribution in [3.63, 3.8) is 0 Å². The Hall–Kier alpha value is -0.610. The number of aliphatic carboxylic acids is 1. The number of hydrogen-bond acceptors (Lipinski definition) is 3. The molecule has 1 unspecified atom stereocenters. The maximum Gasteiger partial charge on any atom is 0.323 e. The van der Waals surface area contributed by atoms with Gasteiger partial charge in [0.2, 0.25) is 0 Å². The monoisotopic (exact) mass is 229 g/mol. The number of rotatable bonds is 7. The summed E-state index contributed by atoms with van der Waals surface area (Å²) in [6, 6.07) is 0. The lowest BCUT2D eigenvalue weighted by Gasteiger charge is -2.24. The van der Waals surface area contributed by atoms with Gasteiger partial charge in [0, 0.05) is 13.2 Å². The van der Waals surface area contributed by atoms with Gasteiger partial charge in [0.1, 0.15) is 5.54 Å². The highest BCUT2D eigenvalue weighted by atomic mass is 16.5. The first-order chi connectivity index (χ1) is 7.57. The van der Waals surface area contributed by atoms with Gasteiger partial charge < -0.3 is 15.2 Å². The molecule has 1 saturated heterocycles. The highest BCUT2D eigenvalue weighted by Gasteiger charge is 2.40. The molecule has 94 valence electrons. The SMILES string of the molecule is CC(C)CCOCCC1(C(=O)O)CCCN1. The van der Waals surface area contributed by atoms with Gasteiger partial charge in [-0.25, -0.2) is 0 Å². The lowest BCUT2D eigenvalue weighted by Crippen LogP contribution is -2.48. The van der Waals surface area contributed by atoms with Crippen LogP contribution in [0.4, 0.5) is 0 Å². The number of carboxylic acids is 1. The quantitative estimate of drug-likeness (QED) is 0.652. The summed E-state index contributed by atoms with van der Waals surface area (Å²) in [5.41, 5.74) is -0.724. The summed E-state index contributed by atoms with van der Waals surface area (Å²) < 4.78 is 5.48. The Kier molecular flexibility index (Phi) is 5.22. The van der Waals surface area contributed by atoms with E-state index in [-0.39, 0.29) is 0 Å². The van der Waals surface area contributed by atoms with Crippen LogP contribution in [-0.2, 0) is 9.53 Å². The van der Waals surface area contributed by atoms with E-state index in [4.69, 9.17) is 4.74 Å². The van der Waals surface area contributed by atoms with Crippen molar-refractivity contribution in [2.75, 3.05) is 19.8 Å². The minimum absolute atomic E-state index is 0.534. The average Bonchev–Trinajstić information content (AvgIpc) is 2.66. The minimum atomic E-state index is -0.738. The molecule has 1 heterocycles. The predicted molar refractivity (Wildman–Crippen MR) is 62.5 cm³/mol. The van der Waals surface area contributed by atoms with Crippen LogP contribution < -0.4 is 5.32 Å². The van der Waals surface area contributed by atoms with E-state index in [9.17, 15) is 9.90 Å². The molecule has 0 aromatic heterocycles. The number of nitrogens with one attached hydrogen (secondary N) is 1. The summed E-state index contributed by atoms with van der Waals surface area (Å²) in [4.78, 5) is 11.2. The van der Waals surface area contributed by atoms with Crippen molar-refractivity contribution in [3.05, 3.63) is 0 Å². The zero-order valence-corrected chi connectivity index (χ0v) is 10.3. The molecule has 1 rings (SSSR count). The predicted octanol–water partition coefficient (Wildman–Crippen LogP) is 1.65. The van der Waals surface area contributed by atoms with Crippen molar-refractivity contribution in [2.24, 2.45) is 5.92 Å². The van der Waals surface area contributed by atoms with Gasteiger partial charge in [-0.3, -0.25) is 4.79 Å². The maximum atomic E-state index is 11.2. The molecule has 0 aromatic carbocycles. The normalized spacial score (nSPS) is 25.2. The summed E-state index contributed by atoms with van der Waals surface area (Å²) in [6.45, 7) is 6.37. The Labute approximate surface area is 97.4 Å². The highest BCUT2D eigenvalue weighted by Crippen LogP contribution is 2.23. The van der Waals surface area contributed by atoms with Gasteiger partial charge in [0.15, 0.2) is 0 Å². The Morgan fingerprint density at radius 2 is 2.25 bits per heavy atom. The minimum Gasteiger partial charge on any atom is -0.480 e. The molecular formula is C12H23NO3. The Morgan fingerprint density at radius 3 is 2.75 bits per heavy atom. The highest BCUT2D eigenvalue weighted by molar-refractivity contribution is 5.79. The Bertz CT molecular complexity index is 222. The van der Waals surface area contributed by atoms with E-state index in [1.54, 1.807) is 0 Å². The summed E-state index contributed by atoms with van der Waals surface area (Å²) in [7, 11) is 0. The molecule has 1 aliphatic rings. The largest absolute Gasteiger partial charge is 0.480 e. The van der Waals surface area contributed by atoms with Crippen LogP contribution in [0.2, 0.25) is 0 Å². The Balaban J connectivity index is 2.21. The van der Waals surface area contributed by atoms with E-state index in [2.05, 4.69) is 19.2 Å². The topological polar surface area (TPSA) is 58.6 Å². The second kappa shape index (κ2) is 6.21. The van der Waals surface area contributed by atoms with Crippen LogP contribution in [0.25, 0.3) is 0 Å². The second-order valence-corrected chi connectivity index (χ2v) is 4.96. The van der Waals surface area contributed by atoms with Crippen LogP contribution in [0.3, 0.4) is 0 Å². The summed E-state index contributed by atoms with van der Waals surface area (Å²) in [5, 5.41) is 12.3. The molecule has 0 saturated carbocycles. The average molecular weight is 229 g/mol. The molecule has 0 spiro atoms. The molecule has 2 N–H and O–H groups in total. The van der Waals surface area contributed by atoms with Gasteiger partial charge in [0.05, 0.1) is 0 Å². The number of carboxylic acid groups (broad SMARTS) is 1. The fourth-order valence-electron chi connectivity index (χ4n) is 1.98. The first-order valence-corrected chi connectivity index (χ1v) is 6.13. The molecule has 0 aromatic rings. The number of hydrogen-bond donors (Lipinski definition) is 2. The number of ether oxygens (including phenoxy) is 1. The Morgan fingerprint density at radius 1 is 1.50 bits per heavy atom. The lowest BCUT2D eigenvalue weighted by molar-refractivity contribution is -0.145. The third kappa shape index (κ3) is 3.76. The second-order valence-electron chi connectivity index (χ2n) is 4.96. The molecule has 1 fully saturated rings. The van der Waals surface area contributed by atoms with E-state index in [1.165, 1.54) is 0 Å². The van der Waals surface area contributed by atoms with Crippen LogP contribution >= 0.6 is 0 Å². The molecule has 0 bridgehead atoms. The van der Waals surface area contributed by atoms with Gasteiger partial charge in [0.25, 0.3) is 0 Å². The third-order valence-electron chi connectivity index (χ3n) is 3.17. The van der Waals surface area contributed by atoms with Gasteiger partial charge in [-0.05, 0) is 38.1 Å². The molecule has 0 aliphatic carbocycles. The molecule has 1 aliphatic heterocycles. The molecule has 4 heteroatoms. The van der Waals surface area contributed by atoms with Crippen molar-refractivity contribution in [3.8, 4) is 0 Å². The fraction of sp³-hybridized carbons (Fsp3) is 0.917. The van der Waals surface area contributed by atoms with Crippen molar-refractivity contribution < 1.29 is 14.6 Å². The van der Waals surface area contributed by atoms with Crippen LogP contribution in [0.1, 0.15) is 39.5 Å². The molecule has 0 amide bonds. The van der Waals surface area contributed by atoms with Crippen molar-refractivity contribution in [2.45, 2.75) is 45.1 Å². The van der Waals surface area contributed by atoms with Gasteiger partial charge in [-0.1, -0.05) is 13.8 Å². The molecule has 4 nitrogen and oxygen atoms in total. The van der Waals surface area contributed by atoms with Crippen molar-refractivity contribution in [1.29, 1.82) is 0 Å². The maximum absolute atomic E-state index is 11.2. The standard InChI is InChI=1S/C12H23NO3/c1-10(2)4-8-16-9-6-12(11(14)15)5-3-7-13-12/h10,13H,3-9H2,1-2H3,(H,14,15). The number of carbonyl (C=O) groups is 1. The first kappa shape index (κ1) is 13.5. The van der Waals surface area contributed by atoms with Crippen LogP contribution in [0.5, 0.6) is 0 Å². The van der Waals surface area contributed by atoms with Crippen molar-refractivity contribution in [1.82, 2.24) is 5.32 Å². The summed E-state index contributed by atoms with van der Waals surface area (Å²) in [6.07, 6.45) is 3.27. The van der Waals surface area contributed by atoms with Crippen LogP contribution in [0, 0.1) is 5.92 Å². The fourth-order valence-corrected chi connectivity index (χ4v) is 1.98. The van der Waals surface area contributed by atoms with Crippen molar-refractivity contribution >= 4 is 5.97 Å². The van der Waals surface area contributed by atoms with Crippen LogP contribution in [-0.4, -0.2) is 36.4 Å². The summed E-state index contributed by atoms with van der Waals surface area (Å²) in [5.74, 6) is -0.101. The van der Waals surface area contributed by atoms with E-state index < -0.39 is 11.5 Å². The molecule has 0 radical (unpaired) electrons. The van der Waals surface area contributed by atoms with Gasteiger partial charge >= 0.3 is 5.97 Å².